The number of aliphatic hydroxyl groups excluding tert-OH is 1. The smallest absolute Gasteiger partial charge is 0.169 e. The summed E-state index contributed by atoms with van der Waals surface area (Å²) in [7, 11) is 0. The number of nitrogen functional groups attached to an aromatic ring is 2. The molecule has 1 saturated heterocycles. The zero-order valence-corrected chi connectivity index (χ0v) is 10.8. The first-order valence-electron chi connectivity index (χ1n) is 5.93. The largest absolute Gasteiger partial charge is 0.397 e. The topological polar surface area (TPSA) is 75.5 Å². The summed E-state index contributed by atoms with van der Waals surface area (Å²) in [5.74, 6) is -0.191. The lowest BCUT2D eigenvalue weighted by Crippen LogP contribution is -2.22. The normalized spacial score (nSPS) is 19.5. The van der Waals surface area contributed by atoms with Crippen molar-refractivity contribution in [1.29, 1.82) is 0 Å². The van der Waals surface area contributed by atoms with Crippen LogP contribution < -0.4 is 16.4 Å². The average Bonchev–Trinajstić information content (AvgIpc) is 2.75. The van der Waals surface area contributed by atoms with Crippen molar-refractivity contribution in [2.24, 2.45) is 5.92 Å². The molecule has 1 fully saturated rings. The predicted molar refractivity (Wildman–Crippen MR) is 72.3 cm³/mol. The third-order valence-corrected chi connectivity index (χ3v) is 3.76. The van der Waals surface area contributed by atoms with Gasteiger partial charge in [0.1, 0.15) is 5.02 Å². The van der Waals surface area contributed by atoms with Crippen LogP contribution in [0.4, 0.5) is 21.5 Å². The van der Waals surface area contributed by atoms with E-state index in [9.17, 15) is 4.39 Å². The van der Waals surface area contributed by atoms with E-state index < -0.39 is 5.82 Å². The van der Waals surface area contributed by atoms with Crippen molar-refractivity contribution < 1.29 is 9.50 Å². The van der Waals surface area contributed by atoms with Crippen molar-refractivity contribution in [3.05, 3.63) is 16.9 Å². The number of halogens is 2. The van der Waals surface area contributed by atoms with Gasteiger partial charge in [-0.2, -0.15) is 0 Å². The fraction of sp³-hybridized carbons (Fsp3) is 0.500. The molecule has 100 valence electrons. The molecule has 1 heterocycles. The van der Waals surface area contributed by atoms with E-state index in [-0.39, 0.29) is 17.3 Å². The Hall–Kier alpha value is -1.20. The van der Waals surface area contributed by atoms with Crippen molar-refractivity contribution >= 4 is 28.7 Å². The standard InChI is InChI=1S/C12H17ClFN3O/c13-10-8(15)5-9(16)12(11(10)14)17-3-1-7(6-17)2-4-18/h5,7,18H,1-4,6,15-16H2. The second-order valence-electron chi connectivity index (χ2n) is 4.64. The molecule has 0 spiro atoms. The Balaban J connectivity index is 2.27. The molecule has 1 atom stereocenters. The lowest BCUT2D eigenvalue weighted by atomic mass is 10.1. The summed E-state index contributed by atoms with van der Waals surface area (Å²) in [6.07, 6.45) is 1.64. The van der Waals surface area contributed by atoms with Crippen LogP contribution in [0.15, 0.2) is 6.07 Å². The molecule has 0 aromatic heterocycles. The number of aliphatic hydroxyl groups is 1. The molecule has 4 nitrogen and oxygen atoms in total. The van der Waals surface area contributed by atoms with Gasteiger partial charge in [0.15, 0.2) is 5.82 Å². The maximum absolute atomic E-state index is 14.1. The summed E-state index contributed by atoms with van der Waals surface area (Å²) in [5.41, 5.74) is 12.2. The molecule has 2 rings (SSSR count). The summed E-state index contributed by atoms with van der Waals surface area (Å²) in [5, 5.41) is 8.84. The Bertz CT molecular complexity index is 455. The summed E-state index contributed by atoms with van der Waals surface area (Å²) in [4.78, 5) is 1.87. The van der Waals surface area contributed by atoms with Crippen molar-refractivity contribution in [3.8, 4) is 0 Å². The van der Waals surface area contributed by atoms with Crippen LogP contribution >= 0.6 is 11.6 Å². The molecule has 1 aliphatic heterocycles. The third-order valence-electron chi connectivity index (χ3n) is 3.38. The van der Waals surface area contributed by atoms with Gasteiger partial charge < -0.3 is 21.5 Å². The van der Waals surface area contributed by atoms with E-state index in [1.165, 1.54) is 6.07 Å². The van der Waals surface area contributed by atoms with Gasteiger partial charge in [-0.1, -0.05) is 11.6 Å². The highest BCUT2D eigenvalue weighted by molar-refractivity contribution is 6.33. The highest BCUT2D eigenvalue weighted by atomic mass is 35.5. The van der Waals surface area contributed by atoms with E-state index >= 15 is 0 Å². The van der Waals surface area contributed by atoms with Crippen LogP contribution in [0.25, 0.3) is 0 Å². The number of anilines is 3. The van der Waals surface area contributed by atoms with Crippen molar-refractivity contribution in [2.75, 3.05) is 36.1 Å². The molecule has 0 radical (unpaired) electrons. The van der Waals surface area contributed by atoms with Gasteiger partial charge in [-0.05, 0) is 24.8 Å². The van der Waals surface area contributed by atoms with Gasteiger partial charge in [-0.15, -0.1) is 0 Å². The van der Waals surface area contributed by atoms with Gasteiger partial charge in [-0.3, -0.25) is 0 Å². The summed E-state index contributed by atoms with van der Waals surface area (Å²) < 4.78 is 14.1. The van der Waals surface area contributed by atoms with Crippen molar-refractivity contribution in [2.45, 2.75) is 12.8 Å². The van der Waals surface area contributed by atoms with Gasteiger partial charge in [0.2, 0.25) is 0 Å². The molecular weight excluding hydrogens is 257 g/mol. The Morgan fingerprint density at radius 3 is 2.83 bits per heavy atom. The lowest BCUT2D eigenvalue weighted by Gasteiger charge is -2.22. The number of benzene rings is 1. The van der Waals surface area contributed by atoms with Crippen LogP contribution in [0, 0.1) is 11.7 Å². The molecular formula is C12H17ClFN3O. The van der Waals surface area contributed by atoms with Crippen LogP contribution in [-0.2, 0) is 0 Å². The maximum Gasteiger partial charge on any atom is 0.169 e. The Morgan fingerprint density at radius 2 is 2.17 bits per heavy atom. The second-order valence-corrected chi connectivity index (χ2v) is 5.02. The van der Waals surface area contributed by atoms with E-state index in [4.69, 9.17) is 28.2 Å². The van der Waals surface area contributed by atoms with Gasteiger partial charge in [0.25, 0.3) is 0 Å². The van der Waals surface area contributed by atoms with Crippen LogP contribution in [0.2, 0.25) is 5.02 Å². The monoisotopic (exact) mass is 273 g/mol. The molecule has 1 unspecified atom stereocenters. The molecule has 0 bridgehead atoms. The quantitative estimate of drug-likeness (QED) is 0.735. The fourth-order valence-electron chi connectivity index (χ4n) is 2.43. The Labute approximate surface area is 110 Å². The highest BCUT2D eigenvalue weighted by Crippen LogP contribution is 2.38. The summed E-state index contributed by atoms with van der Waals surface area (Å²) in [6, 6.07) is 1.49. The minimum absolute atomic E-state index is 0.0789. The summed E-state index contributed by atoms with van der Waals surface area (Å²) >= 11 is 5.81. The first-order chi connectivity index (χ1) is 8.54. The van der Waals surface area contributed by atoms with Gasteiger partial charge in [-0.25, -0.2) is 4.39 Å². The number of nitrogens with zero attached hydrogens (tertiary/aromatic N) is 1. The summed E-state index contributed by atoms with van der Waals surface area (Å²) in [6.45, 7) is 1.55. The Kier molecular flexibility index (Phi) is 3.82. The molecule has 18 heavy (non-hydrogen) atoms. The van der Waals surface area contributed by atoms with E-state index in [0.29, 0.717) is 30.4 Å². The van der Waals surface area contributed by atoms with E-state index in [2.05, 4.69) is 0 Å². The fourth-order valence-corrected chi connectivity index (χ4v) is 2.58. The minimum Gasteiger partial charge on any atom is -0.397 e. The van der Waals surface area contributed by atoms with Crippen LogP contribution in [0.5, 0.6) is 0 Å². The SMILES string of the molecule is Nc1cc(N)c(N2CCC(CCO)C2)c(F)c1Cl. The first kappa shape index (κ1) is 13.2. The first-order valence-corrected chi connectivity index (χ1v) is 6.31. The van der Waals surface area contributed by atoms with Crippen molar-refractivity contribution in [3.63, 3.8) is 0 Å². The number of hydrogen-bond acceptors (Lipinski definition) is 4. The zero-order valence-electron chi connectivity index (χ0n) is 10.00. The van der Waals surface area contributed by atoms with Crippen LogP contribution in [0.3, 0.4) is 0 Å². The van der Waals surface area contributed by atoms with Crippen molar-refractivity contribution in [1.82, 2.24) is 0 Å². The molecule has 1 aromatic carbocycles. The molecule has 0 saturated carbocycles. The molecule has 0 amide bonds. The maximum atomic E-state index is 14.1. The predicted octanol–water partition coefficient (Wildman–Crippen LogP) is 1.85. The number of hydrogen-bond donors (Lipinski definition) is 3. The minimum atomic E-state index is -0.557. The molecule has 0 aliphatic carbocycles. The van der Waals surface area contributed by atoms with E-state index in [1.54, 1.807) is 0 Å². The highest BCUT2D eigenvalue weighted by Gasteiger charge is 2.27. The van der Waals surface area contributed by atoms with Gasteiger partial charge in [0, 0.05) is 19.7 Å². The zero-order chi connectivity index (χ0) is 13.3. The van der Waals surface area contributed by atoms with E-state index in [1.807, 2.05) is 4.90 Å². The third kappa shape index (κ3) is 2.33. The molecule has 1 aromatic rings. The lowest BCUT2D eigenvalue weighted by molar-refractivity contribution is 0.263. The van der Waals surface area contributed by atoms with E-state index in [0.717, 1.165) is 12.8 Å². The average molecular weight is 274 g/mol. The van der Waals surface area contributed by atoms with Crippen LogP contribution in [0.1, 0.15) is 12.8 Å². The second kappa shape index (κ2) is 5.20. The number of rotatable bonds is 3. The molecule has 6 heteroatoms. The molecule has 1 aliphatic rings. The van der Waals surface area contributed by atoms with Gasteiger partial charge >= 0.3 is 0 Å². The van der Waals surface area contributed by atoms with Crippen LogP contribution in [-0.4, -0.2) is 24.8 Å². The molecule has 5 N–H and O–H groups in total. The number of nitrogens with two attached hydrogens (primary N) is 2. The van der Waals surface area contributed by atoms with Gasteiger partial charge in [0.05, 0.1) is 17.1 Å². The Morgan fingerprint density at radius 1 is 1.44 bits per heavy atom.